The van der Waals surface area contributed by atoms with Gasteiger partial charge in [-0.25, -0.2) is 10.2 Å². The summed E-state index contributed by atoms with van der Waals surface area (Å²) in [6.45, 7) is 17.7. The SMILES string of the molecule is C=C(C)\C(=C/C=C(C)/C(NNC)=C(/CC)CNC(=O)OCc1ccccc1)[N+](=O)[O-].CC.CCC. The van der Waals surface area contributed by atoms with Crippen molar-refractivity contribution in [3.05, 3.63) is 92.9 Å². The number of nitrogens with one attached hydrogen (secondary N) is 3. The van der Waals surface area contributed by atoms with Crippen molar-refractivity contribution in [1.82, 2.24) is 16.2 Å². The third-order valence-corrected chi connectivity index (χ3v) is 4.21. The Morgan fingerprint density at radius 2 is 1.69 bits per heavy atom. The first-order valence-electron chi connectivity index (χ1n) is 12.0. The van der Waals surface area contributed by atoms with Crippen LogP contribution in [0.15, 0.2) is 77.2 Å². The molecule has 0 aliphatic carbocycles. The molecule has 0 saturated heterocycles. The van der Waals surface area contributed by atoms with Gasteiger partial charge in [-0.2, -0.15) is 0 Å². The molecule has 0 aliphatic heterocycles. The highest BCUT2D eigenvalue weighted by molar-refractivity contribution is 5.67. The van der Waals surface area contributed by atoms with Gasteiger partial charge in [0.1, 0.15) is 6.61 Å². The molecule has 1 aromatic carbocycles. The van der Waals surface area contributed by atoms with E-state index < -0.39 is 11.0 Å². The number of carbonyl (C=O) groups excluding carboxylic acids is 1. The van der Waals surface area contributed by atoms with E-state index in [1.807, 2.05) is 58.0 Å². The fourth-order valence-electron chi connectivity index (χ4n) is 2.58. The Labute approximate surface area is 211 Å². The minimum absolute atomic E-state index is 0.0566. The molecule has 1 aromatic rings. The number of ether oxygens (including phenoxy) is 1. The van der Waals surface area contributed by atoms with Crippen LogP contribution in [0.5, 0.6) is 0 Å². The van der Waals surface area contributed by atoms with Gasteiger partial charge in [-0.3, -0.25) is 10.1 Å². The van der Waals surface area contributed by atoms with Crippen molar-refractivity contribution in [3.63, 3.8) is 0 Å². The number of hydrogen-bond donors (Lipinski definition) is 3. The summed E-state index contributed by atoms with van der Waals surface area (Å²) in [5.41, 5.74) is 9.54. The Hall–Kier alpha value is -3.39. The molecule has 0 aromatic heterocycles. The van der Waals surface area contributed by atoms with Gasteiger partial charge in [0, 0.05) is 25.2 Å². The van der Waals surface area contributed by atoms with Gasteiger partial charge < -0.3 is 15.5 Å². The molecule has 0 spiro atoms. The number of hydrogen-bond acceptors (Lipinski definition) is 6. The minimum atomic E-state index is -0.520. The molecule has 1 amide bonds. The maximum absolute atomic E-state index is 12.1. The zero-order chi connectivity index (χ0) is 27.2. The van der Waals surface area contributed by atoms with Crippen LogP contribution in [0.2, 0.25) is 0 Å². The van der Waals surface area contributed by atoms with E-state index in [2.05, 4.69) is 36.6 Å². The zero-order valence-electron chi connectivity index (χ0n) is 22.7. The van der Waals surface area contributed by atoms with Gasteiger partial charge in [-0.05, 0) is 37.0 Å². The zero-order valence-corrected chi connectivity index (χ0v) is 22.7. The van der Waals surface area contributed by atoms with Crippen molar-refractivity contribution in [2.45, 2.75) is 67.9 Å². The van der Waals surface area contributed by atoms with Crippen LogP contribution in [0.25, 0.3) is 0 Å². The van der Waals surface area contributed by atoms with E-state index in [9.17, 15) is 14.9 Å². The van der Waals surface area contributed by atoms with Crippen molar-refractivity contribution in [1.29, 1.82) is 0 Å². The highest BCUT2D eigenvalue weighted by Crippen LogP contribution is 2.16. The monoisotopic (exact) mass is 488 g/mol. The largest absolute Gasteiger partial charge is 0.445 e. The maximum atomic E-state index is 12.1. The molecular weight excluding hydrogens is 444 g/mol. The van der Waals surface area contributed by atoms with E-state index in [0.29, 0.717) is 12.0 Å². The van der Waals surface area contributed by atoms with E-state index >= 15 is 0 Å². The maximum Gasteiger partial charge on any atom is 0.407 e. The number of alkyl carbamates (subject to hydrolysis) is 1. The molecule has 196 valence electrons. The molecule has 1 rings (SSSR count). The van der Waals surface area contributed by atoms with Crippen LogP contribution < -0.4 is 16.2 Å². The van der Waals surface area contributed by atoms with Crippen molar-refractivity contribution < 1.29 is 14.5 Å². The molecule has 8 heteroatoms. The molecular formula is C27H44N4O4. The van der Waals surface area contributed by atoms with Crippen molar-refractivity contribution in [3.8, 4) is 0 Å². The molecule has 0 fully saturated rings. The Balaban J connectivity index is 0. The van der Waals surface area contributed by atoms with Crippen LogP contribution >= 0.6 is 0 Å². The van der Waals surface area contributed by atoms with Gasteiger partial charge in [-0.1, -0.05) is 84.0 Å². The van der Waals surface area contributed by atoms with Gasteiger partial charge in [0.05, 0.1) is 10.6 Å². The smallest absolute Gasteiger partial charge is 0.407 e. The highest BCUT2D eigenvalue weighted by atomic mass is 16.6. The van der Waals surface area contributed by atoms with Crippen LogP contribution in [-0.2, 0) is 11.3 Å². The second-order valence-corrected chi connectivity index (χ2v) is 7.27. The normalized spacial score (nSPS) is 11.5. The Morgan fingerprint density at radius 1 is 1.11 bits per heavy atom. The number of nitro groups is 1. The first kappa shape index (κ1) is 33.8. The fourth-order valence-corrected chi connectivity index (χ4v) is 2.58. The predicted molar refractivity (Wildman–Crippen MR) is 145 cm³/mol. The summed E-state index contributed by atoms with van der Waals surface area (Å²) in [6, 6.07) is 9.42. The van der Waals surface area contributed by atoms with Crippen LogP contribution in [0.3, 0.4) is 0 Å². The standard InChI is InChI=1S/C22H30N4O4.C3H8.C2H6/c1-6-19(14-24-22(27)30-15-18-10-8-7-9-11-18)21(25-23-5)17(4)12-13-20(16(2)3)26(28)29;1-3-2;1-2/h7-13,23,25H,2,6,14-15H2,1,3-5H3,(H,24,27);3H2,1-2H3;1-2H3/b17-12+,20-13+,21-19+;;. The molecule has 35 heavy (non-hydrogen) atoms. The second kappa shape index (κ2) is 21.2. The van der Waals surface area contributed by atoms with Gasteiger partial charge >= 0.3 is 6.09 Å². The lowest BCUT2D eigenvalue weighted by Gasteiger charge is -2.17. The van der Waals surface area contributed by atoms with E-state index in [4.69, 9.17) is 4.74 Å². The number of hydrazine groups is 1. The molecule has 0 aliphatic rings. The lowest BCUT2D eigenvalue weighted by atomic mass is 10.0. The van der Waals surface area contributed by atoms with Gasteiger partial charge in [0.25, 0.3) is 5.70 Å². The minimum Gasteiger partial charge on any atom is -0.445 e. The molecule has 0 heterocycles. The van der Waals surface area contributed by atoms with Crippen molar-refractivity contribution in [2.24, 2.45) is 0 Å². The number of amides is 1. The van der Waals surface area contributed by atoms with Crippen LogP contribution in [0, 0.1) is 10.1 Å². The first-order valence-corrected chi connectivity index (χ1v) is 12.0. The van der Waals surface area contributed by atoms with Crippen molar-refractivity contribution >= 4 is 6.09 Å². The topological polar surface area (TPSA) is 106 Å². The average molecular weight is 489 g/mol. The number of rotatable bonds is 11. The summed E-state index contributed by atoms with van der Waals surface area (Å²) in [6.07, 6.45) is 4.45. The number of allylic oxidation sites excluding steroid dienone is 4. The molecule has 0 atom stereocenters. The number of nitrogens with zero attached hydrogens (tertiary/aromatic N) is 1. The quantitative estimate of drug-likeness (QED) is 0.188. The number of carbonyl (C=O) groups is 1. The molecule has 8 nitrogen and oxygen atoms in total. The van der Waals surface area contributed by atoms with Gasteiger partial charge in [0.15, 0.2) is 0 Å². The molecule has 0 unspecified atom stereocenters. The third-order valence-electron chi connectivity index (χ3n) is 4.21. The third kappa shape index (κ3) is 15.2. The summed E-state index contributed by atoms with van der Waals surface area (Å²) in [5.74, 6) is 0. The molecule has 0 saturated carbocycles. The Kier molecular flexibility index (Phi) is 20.4. The fraction of sp³-hybridized carbons (Fsp3) is 0.444. The van der Waals surface area contributed by atoms with Crippen LogP contribution in [-0.4, -0.2) is 24.6 Å². The van der Waals surface area contributed by atoms with E-state index in [1.54, 1.807) is 20.0 Å². The summed E-state index contributed by atoms with van der Waals surface area (Å²) in [4.78, 5) is 22.7. The molecule has 3 N–H and O–H groups in total. The van der Waals surface area contributed by atoms with E-state index in [1.165, 1.54) is 12.5 Å². The lowest BCUT2D eigenvalue weighted by Crippen LogP contribution is -2.32. The summed E-state index contributed by atoms with van der Waals surface area (Å²) < 4.78 is 5.24. The van der Waals surface area contributed by atoms with Crippen LogP contribution in [0.4, 0.5) is 4.79 Å². The van der Waals surface area contributed by atoms with E-state index in [0.717, 1.165) is 22.4 Å². The molecule has 0 radical (unpaired) electrons. The number of benzene rings is 1. The summed E-state index contributed by atoms with van der Waals surface area (Å²) in [5, 5.41) is 13.9. The molecule has 0 bridgehead atoms. The van der Waals surface area contributed by atoms with Gasteiger partial charge in [0.2, 0.25) is 0 Å². The van der Waals surface area contributed by atoms with Crippen LogP contribution in [0.1, 0.15) is 66.9 Å². The first-order chi connectivity index (χ1) is 16.7. The second-order valence-electron chi connectivity index (χ2n) is 7.27. The van der Waals surface area contributed by atoms with Gasteiger partial charge in [-0.15, -0.1) is 0 Å². The Morgan fingerprint density at radius 3 is 2.14 bits per heavy atom. The Bertz CT molecular complexity index is 843. The average Bonchev–Trinajstić information content (AvgIpc) is 2.84. The highest BCUT2D eigenvalue weighted by Gasteiger charge is 2.12. The lowest BCUT2D eigenvalue weighted by molar-refractivity contribution is -0.420. The van der Waals surface area contributed by atoms with E-state index in [-0.39, 0.29) is 18.8 Å². The predicted octanol–water partition coefficient (Wildman–Crippen LogP) is 6.43. The van der Waals surface area contributed by atoms with Crippen molar-refractivity contribution in [2.75, 3.05) is 13.6 Å². The summed E-state index contributed by atoms with van der Waals surface area (Å²) in [7, 11) is 1.72. The summed E-state index contributed by atoms with van der Waals surface area (Å²) >= 11 is 0.